The Morgan fingerprint density at radius 2 is 1.02 bits per heavy atom. The van der Waals surface area contributed by atoms with Crippen LogP contribution in [0, 0.1) is 62.2 Å². The minimum atomic E-state index is -0.545. The summed E-state index contributed by atoms with van der Waals surface area (Å²) in [6.45, 7) is 7.23. The van der Waals surface area contributed by atoms with Gasteiger partial charge in [-0.15, -0.1) is 0 Å². The van der Waals surface area contributed by atoms with Gasteiger partial charge in [0.25, 0.3) is 0 Å². The van der Waals surface area contributed by atoms with Crippen molar-refractivity contribution in [2.75, 3.05) is 33.2 Å². The van der Waals surface area contributed by atoms with Crippen LogP contribution in [0.2, 0.25) is 0 Å². The standard InChI is InChI=1S/C27H34N2P.C17H14P.Fe/c1-23(28(2)21-22-29-19-10-5-11-20-29)26-17-12-18-27(26)30(24-13-6-3-7-14-24)25-15-8-4-9-16-25;1-3-9-15(10-4-1)18(17-13-7-8-14-17)16-11-5-2-6-12-16;/h3-4,6-9,12-18,23H,5,10-11,19-22H2,1-2H3;1-14H;/q;;+2/t23-;;/m1../s1. The van der Waals surface area contributed by atoms with E-state index in [-0.39, 0.29) is 17.1 Å². The number of likely N-dealkylation sites (N-methyl/N-ethyl adjacent to an activating group) is 1. The van der Waals surface area contributed by atoms with Gasteiger partial charge in [-0.25, -0.2) is 0 Å². The fourth-order valence-corrected chi connectivity index (χ4v) is 11.4. The van der Waals surface area contributed by atoms with Crippen molar-refractivity contribution >= 4 is 37.1 Å². The van der Waals surface area contributed by atoms with Crippen LogP contribution < -0.4 is 21.2 Å². The van der Waals surface area contributed by atoms with E-state index in [0.29, 0.717) is 6.04 Å². The van der Waals surface area contributed by atoms with Gasteiger partial charge in [0.1, 0.15) is 0 Å². The molecule has 7 rings (SSSR count). The van der Waals surface area contributed by atoms with E-state index in [0.717, 1.165) is 6.54 Å². The van der Waals surface area contributed by atoms with Gasteiger partial charge < -0.3 is 9.80 Å². The fourth-order valence-electron chi connectivity index (χ4n) is 6.59. The van der Waals surface area contributed by atoms with Gasteiger partial charge >= 0.3 is 17.1 Å². The molecule has 250 valence electrons. The molecule has 0 N–H and O–H groups in total. The summed E-state index contributed by atoms with van der Waals surface area (Å²) in [6, 6.07) is 44.0. The van der Waals surface area contributed by atoms with E-state index >= 15 is 0 Å². The molecule has 2 aliphatic carbocycles. The molecule has 1 atom stereocenters. The monoisotopic (exact) mass is 722 g/mol. The van der Waals surface area contributed by atoms with E-state index in [4.69, 9.17) is 0 Å². The van der Waals surface area contributed by atoms with Gasteiger partial charge in [-0.3, -0.25) is 0 Å². The average molecular weight is 723 g/mol. The van der Waals surface area contributed by atoms with Crippen LogP contribution in [-0.4, -0.2) is 49.1 Å². The van der Waals surface area contributed by atoms with Crippen LogP contribution in [0.4, 0.5) is 0 Å². The minimum Gasteiger partial charge on any atom is -0.302 e. The summed E-state index contributed by atoms with van der Waals surface area (Å²) in [4.78, 5) is 5.18. The minimum absolute atomic E-state index is 0. The molecule has 10 radical (unpaired) electrons. The Labute approximate surface area is 311 Å². The van der Waals surface area contributed by atoms with Crippen molar-refractivity contribution in [2.45, 2.75) is 32.2 Å². The molecule has 0 amide bonds. The number of rotatable bonds is 11. The Morgan fingerprint density at radius 3 is 1.49 bits per heavy atom. The van der Waals surface area contributed by atoms with Crippen LogP contribution in [0.15, 0.2) is 121 Å². The van der Waals surface area contributed by atoms with Crippen molar-refractivity contribution in [1.82, 2.24) is 9.80 Å². The quantitative estimate of drug-likeness (QED) is 0.114. The van der Waals surface area contributed by atoms with Crippen LogP contribution in [0.3, 0.4) is 0 Å². The van der Waals surface area contributed by atoms with E-state index in [2.05, 4.69) is 190 Å². The molecule has 0 aromatic heterocycles. The summed E-state index contributed by atoms with van der Waals surface area (Å²) >= 11 is 0. The molecular formula is C44H48FeN2P2+2. The van der Waals surface area contributed by atoms with Crippen LogP contribution in [0.1, 0.15) is 26.2 Å². The molecule has 1 heterocycles. The van der Waals surface area contributed by atoms with Crippen molar-refractivity contribution in [2.24, 2.45) is 0 Å². The van der Waals surface area contributed by atoms with E-state index in [1.54, 1.807) is 0 Å². The molecular weight excluding hydrogens is 674 g/mol. The topological polar surface area (TPSA) is 6.48 Å². The number of hydrogen-bond acceptors (Lipinski definition) is 2. The van der Waals surface area contributed by atoms with E-state index < -0.39 is 15.8 Å². The second-order valence-corrected chi connectivity index (χ2v) is 17.0. The summed E-state index contributed by atoms with van der Waals surface area (Å²) < 4.78 is 0. The maximum Gasteiger partial charge on any atom is 2.00 e. The molecule has 4 aromatic rings. The Kier molecular flexibility index (Phi) is 15.9. The average Bonchev–Trinajstić information content (AvgIpc) is 3.87. The Hall–Kier alpha value is -1.82. The first-order valence-electron chi connectivity index (χ1n) is 17.4. The number of hydrogen-bond donors (Lipinski definition) is 0. The van der Waals surface area contributed by atoms with Crippen molar-refractivity contribution in [3.63, 3.8) is 0 Å². The third kappa shape index (κ3) is 10.6. The third-order valence-electron chi connectivity index (χ3n) is 9.36. The number of likely N-dealkylation sites (tertiary alicyclic amines) is 1. The van der Waals surface area contributed by atoms with Gasteiger partial charge in [0.2, 0.25) is 0 Å². The molecule has 3 aliphatic rings. The summed E-state index contributed by atoms with van der Waals surface area (Å²) in [5.41, 5.74) is 2.92. The maximum absolute atomic E-state index is 2.64. The maximum atomic E-state index is 2.64. The van der Waals surface area contributed by atoms with Crippen LogP contribution in [0.5, 0.6) is 0 Å². The summed E-state index contributed by atoms with van der Waals surface area (Å²) in [7, 11) is 1.34. The number of nitrogens with zero attached hydrogens (tertiary/aromatic N) is 2. The predicted molar refractivity (Wildman–Crippen MR) is 210 cm³/mol. The van der Waals surface area contributed by atoms with Crippen LogP contribution in [0.25, 0.3) is 0 Å². The SMILES string of the molecule is C[C@H]([C]1[CH][CH][CH][C]1P(c1ccccc1)c1ccccc1)N(C)CCN1CCCCC1.[CH]1[CH][CH][C](P(c2ccccc2)c2ccccc2)[CH]1.[Fe+2]. The number of benzene rings is 4. The Balaban J connectivity index is 0.000000210. The molecule has 5 heteroatoms. The van der Waals surface area contributed by atoms with Crippen molar-refractivity contribution < 1.29 is 17.1 Å². The third-order valence-corrected chi connectivity index (χ3v) is 14.3. The van der Waals surface area contributed by atoms with Crippen LogP contribution in [-0.2, 0) is 17.1 Å². The first-order chi connectivity index (χ1) is 23.7. The zero-order chi connectivity index (χ0) is 33.0. The molecule has 0 bridgehead atoms. The van der Waals surface area contributed by atoms with Crippen molar-refractivity contribution in [3.8, 4) is 0 Å². The largest absolute Gasteiger partial charge is 2.00 e. The van der Waals surface area contributed by atoms with Crippen molar-refractivity contribution in [1.29, 1.82) is 0 Å². The Bertz CT molecular complexity index is 1370. The van der Waals surface area contributed by atoms with Gasteiger partial charge in [0.05, 0.1) is 0 Å². The molecule has 3 fully saturated rings. The molecule has 2 nitrogen and oxygen atoms in total. The van der Waals surface area contributed by atoms with E-state index in [1.807, 2.05) is 0 Å². The molecule has 1 aliphatic heterocycles. The second kappa shape index (κ2) is 20.3. The zero-order valence-electron chi connectivity index (χ0n) is 28.8. The van der Waals surface area contributed by atoms with Gasteiger partial charge in [0, 0.05) is 36.4 Å². The molecule has 49 heavy (non-hydrogen) atoms. The summed E-state index contributed by atoms with van der Waals surface area (Å²) in [6.07, 6.45) is 19.8. The molecule has 4 aromatic carbocycles. The normalized spacial score (nSPS) is 18.4. The van der Waals surface area contributed by atoms with Gasteiger partial charge in [-0.05, 0) is 122 Å². The first-order valence-corrected chi connectivity index (χ1v) is 20.1. The smallest absolute Gasteiger partial charge is 0.302 e. The fraction of sp³-hybridized carbons (Fsp3) is 0.227. The number of piperidine rings is 1. The van der Waals surface area contributed by atoms with Gasteiger partial charge in [-0.1, -0.05) is 128 Å². The molecule has 2 saturated carbocycles. The van der Waals surface area contributed by atoms with Crippen LogP contribution >= 0.6 is 15.8 Å². The summed E-state index contributed by atoms with van der Waals surface area (Å²) in [5, 5.41) is 5.67. The molecule has 0 unspecified atom stereocenters. The van der Waals surface area contributed by atoms with E-state index in [9.17, 15) is 0 Å². The zero-order valence-corrected chi connectivity index (χ0v) is 31.7. The first kappa shape index (κ1) is 38.4. The van der Waals surface area contributed by atoms with Crippen molar-refractivity contribution in [3.05, 3.63) is 184 Å². The second-order valence-electron chi connectivity index (χ2n) is 12.6. The van der Waals surface area contributed by atoms with E-state index in [1.165, 1.54) is 77.4 Å². The van der Waals surface area contributed by atoms with Gasteiger partial charge in [-0.2, -0.15) is 0 Å². The molecule has 0 spiro atoms. The predicted octanol–water partition coefficient (Wildman–Crippen LogP) is 8.14. The summed E-state index contributed by atoms with van der Waals surface area (Å²) in [5.74, 6) is 1.48. The Morgan fingerprint density at radius 1 is 0.571 bits per heavy atom. The molecule has 1 saturated heterocycles. The van der Waals surface area contributed by atoms with Gasteiger partial charge in [0.15, 0.2) is 0 Å².